The SMILES string of the molecule is N=C(N)C1CCCN1S(=O)(=O)C1CCS(=O)(=O)CC1. The molecule has 0 amide bonds. The number of hydrogen-bond donors (Lipinski definition) is 2. The van der Waals surface area contributed by atoms with Crippen molar-refractivity contribution in [1.82, 2.24) is 4.31 Å². The summed E-state index contributed by atoms with van der Waals surface area (Å²) in [7, 11) is -6.64. The highest BCUT2D eigenvalue weighted by molar-refractivity contribution is 7.92. The molecular weight excluding hydrogens is 290 g/mol. The van der Waals surface area contributed by atoms with E-state index in [0.29, 0.717) is 19.4 Å². The molecule has 2 heterocycles. The van der Waals surface area contributed by atoms with Crippen molar-refractivity contribution in [1.29, 1.82) is 5.41 Å². The van der Waals surface area contributed by atoms with Crippen molar-refractivity contribution in [2.24, 2.45) is 5.73 Å². The average Bonchev–Trinajstić information content (AvgIpc) is 2.77. The summed E-state index contributed by atoms with van der Waals surface area (Å²) in [6, 6.07) is -0.552. The molecule has 2 rings (SSSR count). The van der Waals surface area contributed by atoms with Crippen molar-refractivity contribution >= 4 is 25.7 Å². The van der Waals surface area contributed by atoms with Crippen LogP contribution in [0.2, 0.25) is 0 Å². The van der Waals surface area contributed by atoms with Crippen molar-refractivity contribution in [3.8, 4) is 0 Å². The molecule has 7 nitrogen and oxygen atoms in total. The minimum absolute atomic E-state index is 0.0739. The van der Waals surface area contributed by atoms with E-state index in [-0.39, 0.29) is 30.2 Å². The predicted octanol–water partition coefficient (Wildman–Crippen LogP) is -0.706. The molecule has 0 radical (unpaired) electrons. The molecule has 0 aliphatic carbocycles. The molecule has 2 aliphatic rings. The lowest BCUT2D eigenvalue weighted by Gasteiger charge is -2.30. The van der Waals surface area contributed by atoms with Gasteiger partial charge in [-0.15, -0.1) is 0 Å². The third-order valence-corrected chi connectivity index (χ3v) is 7.93. The van der Waals surface area contributed by atoms with Crippen molar-refractivity contribution in [2.45, 2.75) is 37.0 Å². The summed E-state index contributed by atoms with van der Waals surface area (Å²) < 4.78 is 49.0. The molecule has 0 saturated carbocycles. The lowest BCUT2D eigenvalue weighted by atomic mass is 10.2. The second-order valence-corrected chi connectivity index (χ2v) is 9.59. The van der Waals surface area contributed by atoms with Gasteiger partial charge in [0.25, 0.3) is 0 Å². The molecule has 0 aromatic heterocycles. The van der Waals surface area contributed by atoms with Crippen LogP contribution in [0.5, 0.6) is 0 Å². The summed E-state index contributed by atoms with van der Waals surface area (Å²) in [5.74, 6) is -0.283. The summed E-state index contributed by atoms with van der Waals surface area (Å²) >= 11 is 0. The van der Waals surface area contributed by atoms with Crippen LogP contribution in [-0.4, -0.2) is 56.3 Å². The fourth-order valence-electron chi connectivity index (χ4n) is 2.71. The number of rotatable bonds is 3. The van der Waals surface area contributed by atoms with Gasteiger partial charge in [0, 0.05) is 6.54 Å². The Morgan fingerprint density at radius 3 is 2.32 bits per heavy atom. The predicted molar refractivity (Wildman–Crippen MR) is 72.2 cm³/mol. The topological polar surface area (TPSA) is 121 Å². The highest BCUT2D eigenvalue weighted by Gasteiger charge is 2.42. The van der Waals surface area contributed by atoms with Crippen LogP contribution >= 0.6 is 0 Å². The first-order valence-electron chi connectivity index (χ1n) is 6.29. The van der Waals surface area contributed by atoms with Gasteiger partial charge in [-0.05, 0) is 25.7 Å². The number of nitrogens with zero attached hydrogens (tertiary/aromatic N) is 1. The molecule has 0 spiro atoms. The van der Waals surface area contributed by atoms with Crippen LogP contribution < -0.4 is 5.73 Å². The standard InChI is InChI=1S/C10H19N3O4S2/c11-10(12)9-2-1-5-13(9)19(16,17)8-3-6-18(14,15)7-4-8/h8-9H,1-7H2,(H3,11,12). The number of sulfone groups is 1. The number of amidine groups is 1. The highest BCUT2D eigenvalue weighted by Crippen LogP contribution is 2.28. The van der Waals surface area contributed by atoms with E-state index in [1.807, 2.05) is 0 Å². The van der Waals surface area contributed by atoms with Gasteiger partial charge in [0.05, 0.1) is 22.8 Å². The largest absolute Gasteiger partial charge is 0.386 e. The van der Waals surface area contributed by atoms with E-state index in [2.05, 4.69) is 0 Å². The first-order valence-corrected chi connectivity index (χ1v) is 9.61. The van der Waals surface area contributed by atoms with E-state index in [1.165, 1.54) is 4.31 Å². The van der Waals surface area contributed by atoms with Gasteiger partial charge in [0.1, 0.15) is 15.7 Å². The van der Waals surface area contributed by atoms with E-state index in [0.717, 1.165) is 0 Å². The maximum absolute atomic E-state index is 12.5. The van der Waals surface area contributed by atoms with Gasteiger partial charge in [-0.25, -0.2) is 16.8 Å². The quantitative estimate of drug-likeness (QED) is 0.527. The molecule has 0 bridgehead atoms. The third kappa shape index (κ3) is 2.92. The molecule has 19 heavy (non-hydrogen) atoms. The van der Waals surface area contributed by atoms with E-state index in [1.54, 1.807) is 0 Å². The van der Waals surface area contributed by atoms with Gasteiger partial charge in [0.2, 0.25) is 10.0 Å². The van der Waals surface area contributed by atoms with E-state index in [4.69, 9.17) is 11.1 Å². The minimum Gasteiger partial charge on any atom is -0.386 e. The number of nitrogens with two attached hydrogens (primary N) is 1. The molecule has 1 unspecified atom stereocenters. The molecular formula is C10H19N3O4S2. The van der Waals surface area contributed by atoms with E-state index in [9.17, 15) is 16.8 Å². The molecule has 9 heteroatoms. The Balaban J connectivity index is 2.17. The van der Waals surface area contributed by atoms with Gasteiger partial charge >= 0.3 is 0 Å². The Morgan fingerprint density at radius 1 is 1.21 bits per heavy atom. The van der Waals surface area contributed by atoms with Gasteiger partial charge in [-0.3, -0.25) is 5.41 Å². The Morgan fingerprint density at radius 2 is 1.79 bits per heavy atom. The maximum atomic E-state index is 12.5. The molecule has 110 valence electrons. The second-order valence-electron chi connectivity index (χ2n) is 5.12. The van der Waals surface area contributed by atoms with Crippen LogP contribution in [0.15, 0.2) is 0 Å². The van der Waals surface area contributed by atoms with Gasteiger partial charge in [-0.2, -0.15) is 4.31 Å². The lowest BCUT2D eigenvalue weighted by molar-refractivity contribution is 0.428. The zero-order valence-electron chi connectivity index (χ0n) is 10.6. The monoisotopic (exact) mass is 309 g/mol. The zero-order chi connectivity index (χ0) is 14.3. The van der Waals surface area contributed by atoms with Crippen LogP contribution in [0.3, 0.4) is 0 Å². The zero-order valence-corrected chi connectivity index (χ0v) is 12.2. The summed E-state index contributed by atoms with van der Waals surface area (Å²) in [6.07, 6.45) is 1.55. The van der Waals surface area contributed by atoms with Gasteiger partial charge in [-0.1, -0.05) is 0 Å². The van der Waals surface area contributed by atoms with Crippen molar-refractivity contribution in [3.05, 3.63) is 0 Å². The first kappa shape index (κ1) is 14.7. The fraction of sp³-hybridized carbons (Fsp3) is 0.900. The Bertz CT molecular complexity index is 556. The minimum atomic E-state index is -3.56. The number of sulfonamides is 1. The molecule has 3 N–H and O–H groups in total. The van der Waals surface area contributed by atoms with Gasteiger partial charge in [0.15, 0.2) is 0 Å². The van der Waals surface area contributed by atoms with E-state index >= 15 is 0 Å². The van der Waals surface area contributed by atoms with Crippen LogP contribution in [0.1, 0.15) is 25.7 Å². The summed E-state index contributed by atoms with van der Waals surface area (Å²) in [5.41, 5.74) is 5.44. The summed E-state index contributed by atoms with van der Waals surface area (Å²) in [6.45, 7) is 0.371. The maximum Gasteiger partial charge on any atom is 0.217 e. The van der Waals surface area contributed by atoms with Crippen LogP contribution in [0, 0.1) is 5.41 Å². The highest BCUT2D eigenvalue weighted by atomic mass is 32.2. The Labute approximate surface area is 113 Å². The number of hydrogen-bond acceptors (Lipinski definition) is 5. The van der Waals surface area contributed by atoms with E-state index < -0.39 is 31.2 Å². The molecule has 2 aliphatic heterocycles. The van der Waals surface area contributed by atoms with Crippen molar-refractivity contribution in [2.75, 3.05) is 18.1 Å². The third-order valence-electron chi connectivity index (χ3n) is 3.81. The molecule has 0 aromatic rings. The van der Waals surface area contributed by atoms with Crippen molar-refractivity contribution < 1.29 is 16.8 Å². The Kier molecular flexibility index (Phi) is 3.90. The Hall–Kier alpha value is -0.670. The number of nitrogens with one attached hydrogen (secondary N) is 1. The smallest absolute Gasteiger partial charge is 0.217 e. The summed E-state index contributed by atoms with van der Waals surface area (Å²) in [5, 5.41) is 6.80. The first-order chi connectivity index (χ1) is 8.74. The average molecular weight is 309 g/mol. The second kappa shape index (κ2) is 5.02. The van der Waals surface area contributed by atoms with Crippen LogP contribution in [0.4, 0.5) is 0 Å². The molecule has 2 fully saturated rings. The molecule has 0 aromatic carbocycles. The van der Waals surface area contributed by atoms with Crippen molar-refractivity contribution in [3.63, 3.8) is 0 Å². The van der Waals surface area contributed by atoms with Gasteiger partial charge < -0.3 is 5.73 Å². The lowest BCUT2D eigenvalue weighted by Crippen LogP contribution is -2.48. The van der Waals surface area contributed by atoms with Crippen LogP contribution in [0.25, 0.3) is 0 Å². The van der Waals surface area contributed by atoms with Crippen LogP contribution in [-0.2, 0) is 19.9 Å². The normalized spacial score (nSPS) is 29.4. The molecule has 2 saturated heterocycles. The molecule has 1 atom stereocenters. The summed E-state index contributed by atoms with van der Waals surface area (Å²) in [4.78, 5) is 0. The fourth-order valence-corrected chi connectivity index (χ4v) is 6.67.